The summed E-state index contributed by atoms with van der Waals surface area (Å²) in [6, 6.07) is 19.0. The molecule has 1 amide bonds. The minimum Gasteiger partial charge on any atom is -0.490 e. The number of piperazine rings is 1. The van der Waals surface area contributed by atoms with Gasteiger partial charge in [0.25, 0.3) is 5.91 Å². The van der Waals surface area contributed by atoms with Gasteiger partial charge in [0.15, 0.2) is 5.75 Å². The van der Waals surface area contributed by atoms with E-state index in [1.54, 1.807) is 11.0 Å². The fourth-order valence-corrected chi connectivity index (χ4v) is 3.93. The Labute approximate surface area is 174 Å². The fourth-order valence-electron chi connectivity index (χ4n) is 3.93. The molecule has 1 fully saturated rings. The lowest BCUT2D eigenvalue weighted by Gasteiger charge is -2.35. The van der Waals surface area contributed by atoms with E-state index in [1.807, 2.05) is 6.07 Å². The molecule has 154 valence electrons. The molecular weight excluding hydrogens is 382 g/mol. The number of nitro groups is 1. The summed E-state index contributed by atoms with van der Waals surface area (Å²) in [6.45, 7) is 3.52. The first-order valence-electron chi connectivity index (χ1n) is 9.87. The van der Waals surface area contributed by atoms with E-state index < -0.39 is 4.92 Å². The molecule has 0 saturated carbocycles. The molecule has 0 aromatic heterocycles. The zero-order valence-corrected chi connectivity index (χ0v) is 16.8. The van der Waals surface area contributed by atoms with Gasteiger partial charge >= 0.3 is 5.69 Å². The van der Waals surface area contributed by atoms with Crippen LogP contribution >= 0.6 is 0 Å². The first kappa shape index (κ1) is 19.8. The van der Waals surface area contributed by atoms with Crippen molar-refractivity contribution < 1.29 is 14.5 Å². The third-order valence-electron chi connectivity index (χ3n) is 5.56. The molecule has 1 saturated heterocycles. The molecule has 0 spiro atoms. The number of carbonyl (C=O) groups is 1. The third kappa shape index (κ3) is 3.97. The molecule has 0 aliphatic carbocycles. The summed E-state index contributed by atoms with van der Waals surface area (Å²) in [5.74, 6) is -0.0398. The van der Waals surface area contributed by atoms with E-state index in [2.05, 4.69) is 41.3 Å². The molecule has 1 aliphatic rings. The normalized spacial score (nSPS) is 14.6. The molecule has 0 N–H and O–H groups in total. The molecule has 0 atom stereocenters. The fraction of sp³-hybridized carbons (Fsp3) is 0.261. The van der Waals surface area contributed by atoms with Crippen LogP contribution < -0.4 is 4.74 Å². The highest BCUT2D eigenvalue weighted by atomic mass is 16.6. The van der Waals surface area contributed by atoms with Gasteiger partial charge in [-0.15, -0.1) is 0 Å². The minimum absolute atomic E-state index is 0.149. The zero-order valence-electron chi connectivity index (χ0n) is 16.8. The molecule has 1 heterocycles. The zero-order chi connectivity index (χ0) is 21.1. The Balaban J connectivity index is 1.42. The van der Waals surface area contributed by atoms with E-state index in [9.17, 15) is 14.9 Å². The van der Waals surface area contributed by atoms with Crippen LogP contribution in [0.2, 0.25) is 0 Å². The van der Waals surface area contributed by atoms with Crippen LogP contribution in [0, 0.1) is 10.1 Å². The summed E-state index contributed by atoms with van der Waals surface area (Å²) in [7, 11) is 1.37. The van der Waals surface area contributed by atoms with Crippen LogP contribution in [0.5, 0.6) is 5.75 Å². The Bertz CT molecular complexity index is 1090. The highest BCUT2D eigenvalue weighted by Gasteiger charge is 2.25. The summed E-state index contributed by atoms with van der Waals surface area (Å²) in [6.07, 6.45) is 0. The van der Waals surface area contributed by atoms with Crippen LogP contribution in [-0.4, -0.2) is 53.9 Å². The number of amides is 1. The van der Waals surface area contributed by atoms with Crippen LogP contribution in [0.4, 0.5) is 5.69 Å². The maximum atomic E-state index is 12.9. The molecule has 0 bridgehead atoms. The molecular formula is C23H23N3O4. The smallest absolute Gasteiger partial charge is 0.311 e. The van der Waals surface area contributed by atoms with E-state index in [1.165, 1.54) is 35.6 Å². The van der Waals surface area contributed by atoms with Gasteiger partial charge in [0.2, 0.25) is 0 Å². The summed E-state index contributed by atoms with van der Waals surface area (Å²) in [5.41, 5.74) is 1.39. The van der Waals surface area contributed by atoms with Gasteiger partial charge in [0.05, 0.1) is 12.0 Å². The van der Waals surface area contributed by atoms with Crippen molar-refractivity contribution in [3.8, 4) is 5.75 Å². The Morgan fingerprint density at radius 1 is 1.03 bits per heavy atom. The number of nitro benzene ring substituents is 1. The number of hydrogen-bond acceptors (Lipinski definition) is 5. The van der Waals surface area contributed by atoms with E-state index >= 15 is 0 Å². The lowest BCUT2D eigenvalue weighted by atomic mass is 10.0. The average molecular weight is 405 g/mol. The minimum atomic E-state index is -0.530. The predicted octanol–water partition coefficient (Wildman–Crippen LogP) is 3.71. The number of methoxy groups -OCH3 is 1. The van der Waals surface area contributed by atoms with Gasteiger partial charge in [-0.2, -0.15) is 0 Å². The summed E-state index contributed by atoms with van der Waals surface area (Å²) in [4.78, 5) is 27.7. The molecule has 0 radical (unpaired) electrons. The number of ether oxygens (including phenoxy) is 1. The highest BCUT2D eigenvalue weighted by molar-refractivity contribution is 5.95. The molecule has 3 aromatic carbocycles. The Morgan fingerprint density at radius 2 is 1.77 bits per heavy atom. The van der Waals surface area contributed by atoms with Gasteiger partial charge < -0.3 is 9.64 Å². The van der Waals surface area contributed by atoms with Crippen molar-refractivity contribution in [2.75, 3.05) is 33.3 Å². The van der Waals surface area contributed by atoms with Crippen molar-refractivity contribution in [3.63, 3.8) is 0 Å². The number of hydrogen-bond donors (Lipinski definition) is 0. The van der Waals surface area contributed by atoms with Crippen molar-refractivity contribution in [1.29, 1.82) is 0 Å². The van der Waals surface area contributed by atoms with E-state index in [4.69, 9.17) is 4.74 Å². The van der Waals surface area contributed by atoms with Crippen LogP contribution in [0.1, 0.15) is 15.9 Å². The average Bonchev–Trinajstić information content (AvgIpc) is 2.79. The second kappa shape index (κ2) is 8.51. The van der Waals surface area contributed by atoms with Gasteiger partial charge in [-0.25, -0.2) is 0 Å². The Kier molecular flexibility index (Phi) is 5.63. The van der Waals surface area contributed by atoms with Crippen molar-refractivity contribution >= 4 is 22.4 Å². The first-order valence-corrected chi connectivity index (χ1v) is 9.87. The van der Waals surface area contributed by atoms with Crippen LogP contribution in [-0.2, 0) is 6.54 Å². The van der Waals surface area contributed by atoms with Crippen LogP contribution in [0.25, 0.3) is 10.8 Å². The lowest BCUT2D eigenvalue weighted by molar-refractivity contribution is -0.385. The number of fused-ring (bicyclic) bond motifs is 1. The van der Waals surface area contributed by atoms with Gasteiger partial charge in [-0.05, 0) is 28.5 Å². The summed E-state index contributed by atoms with van der Waals surface area (Å²) < 4.78 is 5.01. The van der Waals surface area contributed by atoms with Crippen molar-refractivity contribution in [2.45, 2.75) is 6.54 Å². The van der Waals surface area contributed by atoms with Crippen LogP contribution in [0.3, 0.4) is 0 Å². The number of carbonyl (C=O) groups excluding carboxylic acids is 1. The number of benzene rings is 3. The Morgan fingerprint density at radius 3 is 2.50 bits per heavy atom. The van der Waals surface area contributed by atoms with Gasteiger partial charge in [0, 0.05) is 44.4 Å². The SMILES string of the molecule is COc1ccc(C(=O)N2CCN(Cc3cccc4ccccc34)CC2)cc1[N+](=O)[O-]. The number of nitrogens with zero attached hydrogens (tertiary/aromatic N) is 3. The van der Waals surface area contributed by atoms with E-state index in [0.29, 0.717) is 18.7 Å². The van der Waals surface area contributed by atoms with Crippen molar-refractivity contribution in [3.05, 3.63) is 81.9 Å². The second-order valence-electron chi connectivity index (χ2n) is 7.35. The molecule has 30 heavy (non-hydrogen) atoms. The van der Waals surface area contributed by atoms with Gasteiger partial charge in [0.1, 0.15) is 0 Å². The Hall–Kier alpha value is -3.45. The maximum Gasteiger partial charge on any atom is 0.311 e. The van der Waals surface area contributed by atoms with E-state index in [-0.39, 0.29) is 17.3 Å². The largest absolute Gasteiger partial charge is 0.490 e. The van der Waals surface area contributed by atoms with Crippen molar-refractivity contribution in [2.24, 2.45) is 0 Å². The quantitative estimate of drug-likeness (QED) is 0.478. The molecule has 4 rings (SSSR count). The van der Waals surface area contributed by atoms with Crippen LogP contribution in [0.15, 0.2) is 60.7 Å². The monoisotopic (exact) mass is 405 g/mol. The second-order valence-corrected chi connectivity index (χ2v) is 7.35. The van der Waals surface area contributed by atoms with Crippen molar-refractivity contribution in [1.82, 2.24) is 9.80 Å². The van der Waals surface area contributed by atoms with Gasteiger partial charge in [-0.1, -0.05) is 42.5 Å². The first-order chi connectivity index (χ1) is 14.6. The molecule has 7 heteroatoms. The van der Waals surface area contributed by atoms with E-state index in [0.717, 1.165) is 19.6 Å². The lowest BCUT2D eigenvalue weighted by Crippen LogP contribution is -2.48. The molecule has 0 unspecified atom stereocenters. The highest BCUT2D eigenvalue weighted by Crippen LogP contribution is 2.28. The summed E-state index contributed by atoms with van der Waals surface area (Å²) >= 11 is 0. The predicted molar refractivity (Wildman–Crippen MR) is 115 cm³/mol. The molecule has 3 aromatic rings. The standard InChI is InChI=1S/C23H23N3O4/c1-30-22-10-9-18(15-21(22)26(28)29)23(27)25-13-11-24(12-14-25)16-19-7-4-6-17-5-2-3-8-20(17)19/h2-10,15H,11-14,16H2,1H3. The van der Waals surface area contributed by atoms with Gasteiger partial charge in [-0.3, -0.25) is 19.8 Å². The topological polar surface area (TPSA) is 75.9 Å². The molecule has 7 nitrogen and oxygen atoms in total. The molecule has 1 aliphatic heterocycles. The third-order valence-corrected chi connectivity index (χ3v) is 5.56. The summed E-state index contributed by atoms with van der Waals surface area (Å²) in [5, 5.41) is 13.7. The number of rotatable bonds is 5. The maximum absolute atomic E-state index is 12.9.